The molecule has 0 spiro atoms. The molecule has 7 heteroatoms. The number of ether oxygens (including phenoxy) is 1. The summed E-state index contributed by atoms with van der Waals surface area (Å²) in [4.78, 5) is 11.5. The number of benzene rings is 1. The highest BCUT2D eigenvalue weighted by molar-refractivity contribution is 7.71. The Bertz CT molecular complexity index is 858. The van der Waals surface area contributed by atoms with Crippen LogP contribution in [0.15, 0.2) is 30.6 Å². The van der Waals surface area contributed by atoms with Gasteiger partial charge in [0.15, 0.2) is 10.4 Å². The molecule has 2 heterocycles. The van der Waals surface area contributed by atoms with Crippen LogP contribution in [0.3, 0.4) is 0 Å². The van der Waals surface area contributed by atoms with Gasteiger partial charge in [0.2, 0.25) is 5.88 Å². The predicted octanol–water partition coefficient (Wildman–Crippen LogP) is 3.76. The van der Waals surface area contributed by atoms with Crippen LogP contribution >= 0.6 is 23.8 Å². The van der Waals surface area contributed by atoms with Gasteiger partial charge < -0.3 is 9.72 Å². The van der Waals surface area contributed by atoms with Gasteiger partial charge in [-0.2, -0.15) is 4.98 Å². The van der Waals surface area contributed by atoms with E-state index in [4.69, 9.17) is 28.6 Å². The number of hydrogen-bond donors (Lipinski definition) is 1. The fourth-order valence-corrected chi connectivity index (χ4v) is 2.89. The van der Waals surface area contributed by atoms with Gasteiger partial charge in [-0.05, 0) is 36.8 Å². The van der Waals surface area contributed by atoms with Crippen molar-refractivity contribution in [3.63, 3.8) is 0 Å². The van der Waals surface area contributed by atoms with Gasteiger partial charge in [0.05, 0.1) is 13.2 Å². The van der Waals surface area contributed by atoms with Gasteiger partial charge in [-0.1, -0.05) is 23.7 Å². The zero-order chi connectivity index (χ0) is 15.0. The van der Waals surface area contributed by atoms with Crippen molar-refractivity contribution in [3.05, 3.63) is 45.9 Å². The molecular formula is C14H13ClN4OS. The van der Waals surface area contributed by atoms with Crippen LogP contribution in [0.5, 0.6) is 5.88 Å². The van der Waals surface area contributed by atoms with E-state index < -0.39 is 0 Å². The first-order valence-electron chi connectivity index (χ1n) is 6.36. The van der Waals surface area contributed by atoms with Crippen LogP contribution in [0, 0.1) is 4.77 Å². The minimum absolute atomic E-state index is 0.00967. The minimum Gasteiger partial charge on any atom is -0.479 e. The van der Waals surface area contributed by atoms with Gasteiger partial charge in [0.25, 0.3) is 0 Å². The third kappa shape index (κ3) is 2.41. The number of rotatable bonds is 3. The Labute approximate surface area is 131 Å². The van der Waals surface area contributed by atoms with Crippen LogP contribution < -0.4 is 4.74 Å². The first kappa shape index (κ1) is 14.0. The van der Waals surface area contributed by atoms with Gasteiger partial charge in [0.1, 0.15) is 11.8 Å². The van der Waals surface area contributed by atoms with E-state index in [0.29, 0.717) is 26.8 Å². The van der Waals surface area contributed by atoms with Crippen molar-refractivity contribution < 1.29 is 4.74 Å². The number of nitrogens with one attached hydrogen (secondary N) is 1. The Morgan fingerprint density at radius 3 is 2.90 bits per heavy atom. The Morgan fingerprint density at radius 1 is 1.38 bits per heavy atom. The fourth-order valence-electron chi connectivity index (χ4n) is 2.35. The second-order valence-corrected chi connectivity index (χ2v) is 5.44. The highest BCUT2D eigenvalue weighted by Gasteiger charge is 2.17. The number of H-pyrrole nitrogens is 1. The summed E-state index contributed by atoms with van der Waals surface area (Å²) in [5.74, 6) is 0.475. The standard InChI is InChI=1S/C14H13ClN4OS/c1-8(9-4-3-5-10(15)6-9)19-12-11(18-14(19)21)13(20-2)17-7-16-12/h3-8H,1-2H3,(H,18,21). The van der Waals surface area contributed by atoms with Crippen molar-refractivity contribution in [2.24, 2.45) is 0 Å². The molecule has 0 aliphatic carbocycles. The van der Waals surface area contributed by atoms with Gasteiger partial charge in [-0.25, -0.2) is 4.98 Å². The van der Waals surface area contributed by atoms with E-state index in [0.717, 1.165) is 5.56 Å². The molecule has 1 unspecified atom stereocenters. The van der Waals surface area contributed by atoms with Gasteiger partial charge >= 0.3 is 0 Å². The summed E-state index contributed by atoms with van der Waals surface area (Å²) in [6.07, 6.45) is 1.46. The van der Waals surface area contributed by atoms with Crippen LogP contribution in [0.25, 0.3) is 11.2 Å². The quantitative estimate of drug-likeness (QED) is 0.747. The molecule has 3 rings (SSSR count). The molecule has 0 aliphatic heterocycles. The van der Waals surface area contributed by atoms with Crippen LogP contribution in [-0.4, -0.2) is 26.6 Å². The summed E-state index contributed by atoms with van der Waals surface area (Å²) >= 11 is 11.5. The topological polar surface area (TPSA) is 55.7 Å². The molecule has 0 bridgehead atoms. The molecule has 5 nitrogen and oxygen atoms in total. The molecular weight excluding hydrogens is 308 g/mol. The average Bonchev–Trinajstić information content (AvgIpc) is 2.82. The Morgan fingerprint density at radius 2 is 2.19 bits per heavy atom. The normalized spacial score (nSPS) is 12.5. The molecule has 0 aliphatic rings. The predicted molar refractivity (Wildman–Crippen MR) is 84.5 cm³/mol. The van der Waals surface area contributed by atoms with Crippen LogP contribution in [0.4, 0.5) is 0 Å². The molecule has 1 N–H and O–H groups in total. The van der Waals surface area contributed by atoms with Crippen molar-refractivity contribution >= 4 is 35.0 Å². The number of hydrogen-bond acceptors (Lipinski definition) is 4. The third-order valence-electron chi connectivity index (χ3n) is 3.38. The maximum absolute atomic E-state index is 6.07. The number of aromatic amines is 1. The number of methoxy groups -OCH3 is 1. The summed E-state index contributed by atoms with van der Waals surface area (Å²) in [6, 6.07) is 7.69. The average molecular weight is 321 g/mol. The largest absolute Gasteiger partial charge is 0.479 e. The maximum atomic E-state index is 6.07. The zero-order valence-corrected chi connectivity index (χ0v) is 13.1. The Kier molecular flexibility index (Phi) is 3.65. The second kappa shape index (κ2) is 5.46. The van der Waals surface area contributed by atoms with E-state index in [9.17, 15) is 0 Å². The van der Waals surface area contributed by atoms with E-state index in [1.165, 1.54) is 6.33 Å². The molecule has 108 valence electrons. The summed E-state index contributed by atoms with van der Waals surface area (Å²) in [5.41, 5.74) is 2.45. The number of nitrogens with zero attached hydrogens (tertiary/aromatic N) is 3. The molecule has 3 aromatic rings. The minimum atomic E-state index is -0.00967. The molecule has 0 radical (unpaired) electrons. The molecule has 0 saturated carbocycles. The first-order valence-corrected chi connectivity index (χ1v) is 7.15. The van der Waals surface area contributed by atoms with E-state index in [1.807, 2.05) is 35.8 Å². The van der Waals surface area contributed by atoms with E-state index in [1.54, 1.807) is 7.11 Å². The second-order valence-electron chi connectivity index (χ2n) is 4.61. The Hall–Kier alpha value is -1.92. The van der Waals surface area contributed by atoms with Crippen LogP contribution in [-0.2, 0) is 0 Å². The molecule has 1 aromatic carbocycles. The van der Waals surface area contributed by atoms with Crippen molar-refractivity contribution in [2.45, 2.75) is 13.0 Å². The lowest BCUT2D eigenvalue weighted by atomic mass is 10.1. The van der Waals surface area contributed by atoms with Crippen LogP contribution in [0.2, 0.25) is 5.02 Å². The van der Waals surface area contributed by atoms with Crippen molar-refractivity contribution in [3.8, 4) is 5.88 Å². The molecule has 0 amide bonds. The molecule has 0 saturated heterocycles. The summed E-state index contributed by atoms with van der Waals surface area (Å²) < 4.78 is 7.73. The first-order chi connectivity index (χ1) is 10.1. The highest BCUT2D eigenvalue weighted by Crippen LogP contribution is 2.27. The summed E-state index contributed by atoms with van der Waals surface area (Å²) in [7, 11) is 1.57. The van der Waals surface area contributed by atoms with Gasteiger partial charge in [-0.15, -0.1) is 0 Å². The van der Waals surface area contributed by atoms with Gasteiger partial charge in [0, 0.05) is 5.02 Å². The highest BCUT2D eigenvalue weighted by atomic mass is 35.5. The van der Waals surface area contributed by atoms with E-state index in [2.05, 4.69) is 15.0 Å². The smallest absolute Gasteiger partial charge is 0.242 e. The van der Waals surface area contributed by atoms with Crippen LogP contribution in [0.1, 0.15) is 18.5 Å². The number of fused-ring (bicyclic) bond motifs is 1. The third-order valence-corrected chi connectivity index (χ3v) is 3.92. The van der Waals surface area contributed by atoms with Gasteiger partial charge in [-0.3, -0.25) is 4.57 Å². The summed E-state index contributed by atoms with van der Waals surface area (Å²) in [5, 5.41) is 0.693. The van der Waals surface area contributed by atoms with Crippen molar-refractivity contribution in [1.82, 2.24) is 19.5 Å². The summed E-state index contributed by atoms with van der Waals surface area (Å²) in [6.45, 7) is 2.04. The number of imidazole rings is 1. The van der Waals surface area contributed by atoms with E-state index in [-0.39, 0.29) is 6.04 Å². The van der Waals surface area contributed by atoms with Crippen molar-refractivity contribution in [1.29, 1.82) is 0 Å². The Balaban J connectivity index is 2.21. The molecule has 0 fully saturated rings. The molecule has 21 heavy (non-hydrogen) atoms. The SMILES string of the molecule is COc1ncnc2c1[nH]c(=S)n2C(C)c1cccc(Cl)c1. The monoisotopic (exact) mass is 320 g/mol. The molecule has 2 aromatic heterocycles. The maximum Gasteiger partial charge on any atom is 0.242 e. The fraction of sp³-hybridized carbons (Fsp3) is 0.214. The number of aromatic nitrogens is 4. The van der Waals surface area contributed by atoms with Crippen molar-refractivity contribution in [2.75, 3.05) is 7.11 Å². The lowest BCUT2D eigenvalue weighted by Crippen LogP contribution is -2.07. The van der Waals surface area contributed by atoms with E-state index >= 15 is 0 Å². The zero-order valence-electron chi connectivity index (χ0n) is 11.5. The lowest BCUT2D eigenvalue weighted by Gasteiger charge is -2.14. The molecule has 1 atom stereocenters. The lowest BCUT2D eigenvalue weighted by molar-refractivity contribution is 0.401. The number of halogens is 1.